The first-order chi connectivity index (χ1) is 15.6. The summed E-state index contributed by atoms with van der Waals surface area (Å²) in [4.78, 5) is 21.2. The molecule has 11 heteroatoms. The smallest absolute Gasteiger partial charge is 0.497 e. The zero-order chi connectivity index (χ0) is 24.2. The van der Waals surface area contributed by atoms with Crippen LogP contribution in [0.3, 0.4) is 0 Å². The molecule has 1 heterocycles. The van der Waals surface area contributed by atoms with Crippen molar-refractivity contribution in [1.29, 1.82) is 0 Å². The molecule has 0 aliphatic heterocycles. The molecule has 0 spiro atoms. The van der Waals surface area contributed by atoms with E-state index in [1.807, 2.05) is 0 Å². The monoisotopic (exact) mass is 465 g/mol. The van der Waals surface area contributed by atoms with Crippen LogP contribution < -0.4 is 14.8 Å². The number of rotatable bonds is 7. The molecule has 174 valence electrons. The Morgan fingerprint density at radius 1 is 1.06 bits per heavy atom. The van der Waals surface area contributed by atoms with E-state index in [1.54, 1.807) is 6.92 Å². The number of benzene rings is 2. The summed E-state index contributed by atoms with van der Waals surface area (Å²) < 4.78 is 60.2. The number of aromatic nitrogens is 2. The van der Waals surface area contributed by atoms with Gasteiger partial charge < -0.3 is 19.9 Å². The van der Waals surface area contributed by atoms with Crippen molar-refractivity contribution < 1.29 is 36.9 Å². The van der Waals surface area contributed by atoms with Crippen molar-refractivity contribution in [2.24, 2.45) is 0 Å². The average Bonchev–Trinajstić information content (AvgIpc) is 2.77. The summed E-state index contributed by atoms with van der Waals surface area (Å²) in [5.74, 6) is -1.48. The van der Waals surface area contributed by atoms with Gasteiger partial charge in [0.1, 0.15) is 23.0 Å². The van der Waals surface area contributed by atoms with E-state index in [4.69, 9.17) is 4.74 Å². The Bertz CT molecular complexity index is 1140. The fraction of sp³-hybridized carbons (Fsp3) is 0.227. The van der Waals surface area contributed by atoms with Gasteiger partial charge in [-0.25, -0.2) is 14.4 Å². The van der Waals surface area contributed by atoms with Crippen molar-refractivity contribution in [3.8, 4) is 34.1 Å². The van der Waals surface area contributed by atoms with E-state index < -0.39 is 29.9 Å². The van der Waals surface area contributed by atoms with Crippen LogP contribution in [0.5, 0.6) is 11.5 Å². The molecule has 3 rings (SSSR count). The van der Waals surface area contributed by atoms with E-state index >= 15 is 0 Å². The Balaban J connectivity index is 2.08. The molecule has 0 aliphatic carbocycles. The first-order valence-electron chi connectivity index (χ1n) is 9.60. The fourth-order valence-electron chi connectivity index (χ4n) is 2.82. The van der Waals surface area contributed by atoms with Crippen molar-refractivity contribution in [1.82, 2.24) is 15.3 Å². The molecular formula is C22H19F4N3O4. The SMILES string of the molecule is COc1cc(F)cc(-c2nc(C(=O)NC(C)CO)cc(-c3ccc(OC(F)(F)F)cc3)n2)c1. The molecule has 3 aromatic rings. The van der Waals surface area contributed by atoms with Crippen molar-refractivity contribution in [2.75, 3.05) is 13.7 Å². The predicted octanol–water partition coefficient (Wildman–Crippen LogP) is 3.97. The Morgan fingerprint density at radius 3 is 2.36 bits per heavy atom. The van der Waals surface area contributed by atoms with Crippen LogP contribution in [0.25, 0.3) is 22.6 Å². The van der Waals surface area contributed by atoms with Crippen LogP contribution in [0.15, 0.2) is 48.5 Å². The number of carbonyl (C=O) groups excluding carboxylic acids is 1. The predicted molar refractivity (Wildman–Crippen MR) is 110 cm³/mol. The number of aliphatic hydroxyl groups is 1. The molecule has 1 amide bonds. The van der Waals surface area contributed by atoms with Crippen LogP contribution in [-0.2, 0) is 0 Å². The molecule has 0 saturated heterocycles. The number of amides is 1. The number of ether oxygens (including phenoxy) is 2. The van der Waals surface area contributed by atoms with E-state index in [9.17, 15) is 27.5 Å². The van der Waals surface area contributed by atoms with Gasteiger partial charge in [-0.05, 0) is 49.4 Å². The summed E-state index contributed by atoms with van der Waals surface area (Å²) in [6.45, 7) is 1.27. The Labute approximate surface area is 186 Å². The first-order valence-corrected chi connectivity index (χ1v) is 9.60. The third-order valence-corrected chi connectivity index (χ3v) is 4.36. The highest BCUT2D eigenvalue weighted by atomic mass is 19.4. The summed E-state index contributed by atoms with van der Waals surface area (Å²) in [5, 5.41) is 11.7. The van der Waals surface area contributed by atoms with Gasteiger partial charge >= 0.3 is 6.36 Å². The summed E-state index contributed by atoms with van der Waals surface area (Å²) in [6.07, 6.45) is -4.84. The van der Waals surface area contributed by atoms with Gasteiger partial charge in [0.15, 0.2) is 5.82 Å². The number of alkyl halides is 3. The molecule has 2 N–H and O–H groups in total. The minimum Gasteiger partial charge on any atom is -0.497 e. The maximum absolute atomic E-state index is 14.0. The van der Waals surface area contributed by atoms with Gasteiger partial charge in [-0.2, -0.15) is 0 Å². The van der Waals surface area contributed by atoms with Gasteiger partial charge in [0.2, 0.25) is 0 Å². The molecule has 1 aromatic heterocycles. The van der Waals surface area contributed by atoms with Gasteiger partial charge in [-0.3, -0.25) is 4.79 Å². The molecule has 1 unspecified atom stereocenters. The number of hydrogen-bond donors (Lipinski definition) is 2. The lowest BCUT2D eigenvalue weighted by Crippen LogP contribution is -2.35. The number of nitrogens with zero attached hydrogens (tertiary/aromatic N) is 2. The van der Waals surface area contributed by atoms with Crippen molar-refractivity contribution in [3.63, 3.8) is 0 Å². The molecular weight excluding hydrogens is 446 g/mol. The standard InChI is InChI=1S/C22H19F4N3O4/c1-12(11-30)27-21(31)19-10-18(13-3-5-16(6-4-13)33-22(24,25)26)28-20(29-19)14-7-15(23)9-17(8-14)32-2/h3-10,12,30H,11H2,1-2H3,(H,27,31). The van der Waals surface area contributed by atoms with Gasteiger partial charge in [-0.1, -0.05) is 0 Å². The maximum atomic E-state index is 14.0. The molecule has 33 heavy (non-hydrogen) atoms. The fourth-order valence-corrected chi connectivity index (χ4v) is 2.82. The zero-order valence-corrected chi connectivity index (χ0v) is 17.5. The molecule has 7 nitrogen and oxygen atoms in total. The molecule has 0 radical (unpaired) electrons. The highest BCUT2D eigenvalue weighted by Crippen LogP contribution is 2.29. The third-order valence-electron chi connectivity index (χ3n) is 4.36. The number of hydrogen-bond acceptors (Lipinski definition) is 6. The second-order valence-corrected chi connectivity index (χ2v) is 6.97. The van der Waals surface area contributed by atoms with Gasteiger partial charge in [-0.15, -0.1) is 13.2 Å². The molecule has 0 bridgehead atoms. The third kappa shape index (κ3) is 6.39. The minimum absolute atomic E-state index is 0.0114. The number of halogens is 4. The highest BCUT2D eigenvalue weighted by molar-refractivity contribution is 5.94. The number of aliphatic hydroxyl groups excluding tert-OH is 1. The molecule has 1 atom stereocenters. The van der Waals surface area contributed by atoms with Crippen molar-refractivity contribution in [2.45, 2.75) is 19.3 Å². The zero-order valence-electron chi connectivity index (χ0n) is 17.5. The minimum atomic E-state index is -4.84. The molecule has 0 fully saturated rings. The van der Waals surface area contributed by atoms with Crippen molar-refractivity contribution >= 4 is 5.91 Å². The quantitative estimate of drug-likeness (QED) is 0.513. The summed E-state index contributed by atoms with van der Waals surface area (Å²) in [5.41, 5.74) is 0.688. The van der Waals surface area contributed by atoms with Crippen LogP contribution in [-0.4, -0.2) is 47.1 Å². The summed E-state index contributed by atoms with van der Waals surface area (Å²) in [6, 6.07) is 9.41. The second kappa shape index (κ2) is 9.82. The number of methoxy groups -OCH3 is 1. The lowest BCUT2D eigenvalue weighted by molar-refractivity contribution is -0.274. The first kappa shape index (κ1) is 23.9. The maximum Gasteiger partial charge on any atom is 0.573 e. The van der Waals surface area contributed by atoms with Gasteiger partial charge in [0.05, 0.1) is 19.4 Å². The highest BCUT2D eigenvalue weighted by Gasteiger charge is 2.31. The Morgan fingerprint density at radius 2 is 1.76 bits per heavy atom. The van der Waals surface area contributed by atoms with E-state index in [0.717, 1.165) is 24.3 Å². The second-order valence-electron chi connectivity index (χ2n) is 6.97. The molecule has 0 saturated carbocycles. The lowest BCUT2D eigenvalue weighted by Gasteiger charge is -2.13. The summed E-state index contributed by atoms with van der Waals surface area (Å²) >= 11 is 0. The van der Waals surface area contributed by atoms with Crippen LogP contribution in [0.1, 0.15) is 17.4 Å². The van der Waals surface area contributed by atoms with Crippen molar-refractivity contribution in [3.05, 3.63) is 60.0 Å². The van der Waals surface area contributed by atoms with Crippen LogP contribution in [0, 0.1) is 5.82 Å². The van der Waals surface area contributed by atoms with Gasteiger partial charge in [0.25, 0.3) is 5.91 Å². The van der Waals surface area contributed by atoms with E-state index in [-0.39, 0.29) is 35.1 Å². The van der Waals surface area contributed by atoms with Gasteiger partial charge in [0, 0.05) is 23.2 Å². The van der Waals surface area contributed by atoms with E-state index in [1.165, 1.54) is 31.4 Å². The van der Waals surface area contributed by atoms with Crippen LogP contribution in [0.4, 0.5) is 17.6 Å². The topological polar surface area (TPSA) is 93.6 Å². The van der Waals surface area contributed by atoms with Crippen LogP contribution in [0.2, 0.25) is 0 Å². The Hall–Kier alpha value is -3.73. The van der Waals surface area contributed by atoms with E-state index in [0.29, 0.717) is 5.56 Å². The largest absolute Gasteiger partial charge is 0.573 e. The number of carbonyl (C=O) groups is 1. The normalized spacial score (nSPS) is 12.2. The molecule has 2 aromatic carbocycles. The molecule has 0 aliphatic rings. The summed E-state index contributed by atoms with van der Waals surface area (Å²) in [7, 11) is 1.36. The average molecular weight is 465 g/mol. The lowest BCUT2D eigenvalue weighted by atomic mass is 10.1. The Kier molecular flexibility index (Phi) is 7.12. The van der Waals surface area contributed by atoms with Crippen LogP contribution >= 0.6 is 0 Å². The number of nitrogens with one attached hydrogen (secondary N) is 1. The van der Waals surface area contributed by atoms with E-state index in [2.05, 4.69) is 20.0 Å².